The minimum atomic E-state index is 0.0369. The molecule has 1 aliphatic carbocycles. The van der Waals surface area contributed by atoms with Gasteiger partial charge < -0.3 is 15.2 Å². The van der Waals surface area contributed by atoms with Crippen LogP contribution in [0.15, 0.2) is 42.5 Å². The number of ether oxygens (including phenoxy) is 1. The number of rotatable bonds is 7. The van der Waals surface area contributed by atoms with E-state index in [0.29, 0.717) is 19.4 Å². The third kappa shape index (κ3) is 4.70. The molecule has 108 valence electrons. The molecule has 0 bridgehead atoms. The first kappa shape index (κ1) is 14.6. The van der Waals surface area contributed by atoms with Crippen molar-refractivity contribution in [2.75, 3.05) is 13.2 Å². The topological polar surface area (TPSA) is 58.6 Å². The van der Waals surface area contributed by atoms with Gasteiger partial charge in [-0.25, -0.2) is 0 Å². The molecule has 1 amide bonds. The Morgan fingerprint density at radius 3 is 2.80 bits per heavy atom. The number of aliphatic hydroxyl groups excluding tert-OH is 1. The molecule has 0 aromatic heterocycles. The third-order valence-corrected chi connectivity index (χ3v) is 3.31. The number of aliphatic hydroxyl groups is 1. The molecule has 1 aromatic rings. The SMILES string of the molecule is O=C(CCCOc1ccccc1)N[C@@H]1C=C[C@H](CO)C1. The summed E-state index contributed by atoms with van der Waals surface area (Å²) in [5.41, 5.74) is 0. The number of benzene rings is 1. The molecule has 0 aliphatic heterocycles. The summed E-state index contributed by atoms with van der Waals surface area (Å²) in [7, 11) is 0. The van der Waals surface area contributed by atoms with Gasteiger partial charge in [0.25, 0.3) is 0 Å². The lowest BCUT2D eigenvalue weighted by molar-refractivity contribution is -0.121. The van der Waals surface area contributed by atoms with Crippen molar-refractivity contribution >= 4 is 5.91 Å². The molecule has 2 rings (SSSR count). The second-order valence-electron chi connectivity index (χ2n) is 5.00. The molecule has 1 aromatic carbocycles. The Balaban J connectivity index is 1.58. The Hall–Kier alpha value is -1.81. The molecule has 0 unspecified atom stereocenters. The van der Waals surface area contributed by atoms with E-state index in [2.05, 4.69) is 5.32 Å². The Morgan fingerprint density at radius 1 is 1.30 bits per heavy atom. The van der Waals surface area contributed by atoms with Gasteiger partial charge in [0, 0.05) is 25.0 Å². The highest BCUT2D eigenvalue weighted by Crippen LogP contribution is 2.17. The summed E-state index contributed by atoms with van der Waals surface area (Å²) in [5.74, 6) is 1.05. The predicted molar refractivity (Wildman–Crippen MR) is 77.4 cm³/mol. The highest BCUT2D eigenvalue weighted by Gasteiger charge is 2.19. The van der Waals surface area contributed by atoms with Gasteiger partial charge in [0.1, 0.15) is 5.75 Å². The number of hydrogen-bond acceptors (Lipinski definition) is 3. The van der Waals surface area contributed by atoms with E-state index in [-0.39, 0.29) is 24.5 Å². The van der Waals surface area contributed by atoms with Crippen molar-refractivity contribution < 1.29 is 14.6 Å². The summed E-state index contributed by atoms with van der Waals surface area (Å²) in [6.07, 6.45) is 5.87. The van der Waals surface area contributed by atoms with E-state index in [1.54, 1.807) is 0 Å². The first-order valence-electron chi connectivity index (χ1n) is 7.04. The first-order valence-corrected chi connectivity index (χ1v) is 7.04. The molecule has 2 atom stereocenters. The molecule has 4 nitrogen and oxygen atoms in total. The van der Waals surface area contributed by atoms with Crippen LogP contribution in [0.3, 0.4) is 0 Å². The summed E-state index contributed by atoms with van der Waals surface area (Å²) in [5, 5.41) is 12.0. The largest absolute Gasteiger partial charge is 0.494 e. The highest BCUT2D eigenvalue weighted by atomic mass is 16.5. The zero-order valence-electron chi connectivity index (χ0n) is 11.5. The van der Waals surface area contributed by atoms with Crippen molar-refractivity contribution in [1.29, 1.82) is 0 Å². The molecule has 0 saturated heterocycles. The minimum absolute atomic E-state index is 0.0369. The monoisotopic (exact) mass is 275 g/mol. The maximum Gasteiger partial charge on any atom is 0.220 e. The lowest BCUT2D eigenvalue weighted by Gasteiger charge is -2.12. The van der Waals surface area contributed by atoms with E-state index in [0.717, 1.165) is 12.2 Å². The van der Waals surface area contributed by atoms with Crippen molar-refractivity contribution in [3.63, 3.8) is 0 Å². The number of para-hydroxylation sites is 1. The van der Waals surface area contributed by atoms with E-state index < -0.39 is 0 Å². The van der Waals surface area contributed by atoms with Gasteiger partial charge in [0.15, 0.2) is 0 Å². The zero-order chi connectivity index (χ0) is 14.2. The number of carbonyl (C=O) groups excluding carboxylic acids is 1. The van der Waals surface area contributed by atoms with Crippen LogP contribution in [0, 0.1) is 5.92 Å². The van der Waals surface area contributed by atoms with Crippen molar-refractivity contribution in [1.82, 2.24) is 5.32 Å². The van der Waals surface area contributed by atoms with Gasteiger partial charge in [0.2, 0.25) is 5.91 Å². The van der Waals surface area contributed by atoms with Gasteiger partial charge in [-0.2, -0.15) is 0 Å². The number of nitrogens with one attached hydrogen (secondary N) is 1. The summed E-state index contributed by atoms with van der Waals surface area (Å²) in [6, 6.07) is 9.65. The molecule has 0 fully saturated rings. The van der Waals surface area contributed by atoms with E-state index in [9.17, 15) is 4.79 Å². The maximum atomic E-state index is 11.7. The van der Waals surface area contributed by atoms with Crippen molar-refractivity contribution in [2.45, 2.75) is 25.3 Å². The standard InChI is InChI=1S/C16H21NO3/c18-12-13-8-9-14(11-13)17-16(19)7-4-10-20-15-5-2-1-3-6-15/h1-3,5-6,8-9,13-14,18H,4,7,10-12H2,(H,17,19)/t13-,14+/m0/s1. The summed E-state index contributed by atoms with van der Waals surface area (Å²) >= 11 is 0. The fourth-order valence-electron chi connectivity index (χ4n) is 2.24. The van der Waals surface area contributed by atoms with E-state index in [1.165, 1.54) is 0 Å². The Bertz CT molecular complexity index is 444. The zero-order valence-corrected chi connectivity index (χ0v) is 11.5. The van der Waals surface area contributed by atoms with Gasteiger partial charge in [-0.3, -0.25) is 4.79 Å². The van der Waals surface area contributed by atoms with E-state index >= 15 is 0 Å². The van der Waals surface area contributed by atoms with Crippen LogP contribution in [0.25, 0.3) is 0 Å². The molecule has 1 aliphatic rings. The van der Waals surface area contributed by atoms with Crippen LogP contribution in [0.5, 0.6) is 5.75 Å². The summed E-state index contributed by atoms with van der Waals surface area (Å²) in [6.45, 7) is 0.686. The third-order valence-electron chi connectivity index (χ3n) is 3.31. The molecular weight excluding hydrogens is 254 g/mol. The van der Waals surface area contributed by atoms with E-state index in [1.807, 2.05) is 42.5 Å². The highest BCUT2D eigenvalue weighted by molar-refractivity contribution is 5.76. The smallest absolute Gasteiger partial charge is 0.220 e. The second-order valence-corrected chi connectivity index (χ2v) is 5.00. The second kappa shape index (κ2) is 7.70. The normalized spacial score (nSPS) is 20.9. The molecule has 2 N–H and O–H groups in total. The molecule has 4 heteroatoms. The fraction of sp³-hybridized carbons (Fsp3) is 0.438. The average Bonchev–Trinajstić information content (AvgIpc) is 2.92. The van der Waals surface area contributed by atoms with Gasteiger partial charge in [-0.05, 0) is 25.0 Å². The lowest BCUT2D eigenvalue weighted by Crippen LogP contribution is -2.32. The van der Waals surface area contributed by atoms with Crippen molar-refractivity contribution in [3.05, 3.63) is 42.5 Å². The number of carbonyl (C=O) groups is 1. The maximum absolute atomic E-state index is 11.7. The Kier molecular flexibility index (Phi) is 5.62. The number of hydrogen-bond donors (Lipinski definition) is 2. The molecular formula is C16H21NO3. The molecule has 0 heterocycles. The summed E-state index contributed by atoms with van der Waals surface area (Å²) < 4.78 is 5.53. The number of amides is 1. The van der Waals surface area contributed by atoms with Gasteiger partial charge in [-0.1, -0.05) is 30.4 Å². The average molecular weight is 275 g/mol. The van der Waals surface area contributed by atoms with Gasteiger partial charge in [-0.15, -0.1) is 0 Å². The fourth-order valence-corrected chi connectivity index (χ4v) is 2.24. The van der Waals surface area contributed by atoms with Gasteiger partial charge >= 0.3 is 0 Å². The Labute approximate surface area is 119 Å². The minimum Gasteiger partial charge on any atom is -0.494 e. The van der Waals surface area contributed by atoms with Crippen LogP contribution in [0.2, 0.25) is 0 Å². The molecule has 0 saturated carbocycles. The van der Waals surface area contributed by atoms with Crippen LogP contribution in [-0.4, -0.2) is 30.3 Å². The summed E-state index contributed by atoms with van der Waals surface area (Å²) in [4.78, 5) is 11.7. The predicted octanol–water partition coefficient (Wildman–Crippen LogP) is 1.90. The van der Waals surface area contributed by atoms with Crippen molar-refractivity contribution in [2.24, 2.45) is 5.92 Å². The Morgan fingerprint density at radius 2 is 2.10 bits per heavy atom. The molecule has 0 radical (unpaired) electrons. The molecule has 20 heavy (non-hydrogen) atoms. The molecule has 0 spiro atoms. The lowest BCUT2D eigenvalue weighted by atomic mass is 10.1. The van der Waals surface area contributed by atoms with E-state index in [4.69, 9.17) is 9.84 Å². The van der Waals surface area contributed by atoms with Crippen LogP contribution in [-0.2, 0) is 4.79 Å². The first-order chi connectivity index (χ1) is 9.78. The van der Waals surface area contributed by atoms with Crippen LogP contribution < -0.4 is 10.1 Å². The van der Waals surface area contributed by atoms with Crippen LogP contribution >= 0.6 is 0 Å². The quantitative estimate of drug-likeness (QED) is 0.590. The van der Waals surface area contributed by atoms with Crippen LogP contribution in [0.4, 0.5) is 0 Å². The van der Waals surface area contributed by atoms with Crippen molar-refractivity contribution in [3.8, 4) is 5.75 Å². The van der Waals surface area contributed by atoms with Crippen LogP contribution in [0.1, 0.15) is 19.3 Å². The van der Waals surface area contributed by atoms with Gasteiger partial charge in [0.05, 0.1) is 6.61 Å².